The van der Waals surface area contributed by atoms with Gasteiger partial charge in [0, 0.05) is 22.5 Å². The second kappa shape index (κ2) is 12.0. The highest BCUT2D eigenvalue weighted by molar-refractivity contribution is 5.87. The third-order valence-electron chi connectivity index (χ3n) is 10.9. The monoisotopic (exact) mass is 661 g/mol. The van der Waals surface area contributed by atoms with Crippen molar-refractivity contribution in [3.8, 4) is 22.3 Å². The van der Waals surface area contributed by atoms with Gasteiger partial charge in [0.25, 0.3) is 0 Å². The van der Waals surface area contributed by atoms with E-state index >= 15 is 0 Å². The molecule has 0 saturated carbocycles. The van der Waals surface area contributed by atoms with Crippen molar-refractivity contribution >= 4 is 17.1 Å². The van der Waals surface area contributed by atoms with Crippen LogP contribution in [-0.2, 0) is 27.1 Å². The number of benzene rings is 5. The van der Waals surface area contributed by atoms with Gasteiger partial charge in [-0.1, -0.05) is 164 Å². The van der Waals surface area contributed by atoms with Gasteiger partial charge >= 0.3 is 0 Å². The third-order valence-corrected chi connectivity index (χ3v) is 10.9. The fourth-order valence-corrected chi connectivity index (χ4v) is 7.39. The van der Waals surface area contributed by atoms with Crippen LogP contribution in [0.5, 0.6) is 0 Å². The maximum Gasteiger partial charge on any atom is 0.0470 e. The summed E-state index contributed by atoms with van der Waals surface area (Å²) in [4.78, 5) is 2.49. The third kappa shape index (κ3) is 6.69. The summed E-state index contributed by atoms with van der Waals surface area (Å²) >= 11 is 0. The van der Waals surface area contributed by atoms with E-state index in [9.17, 15) is 0 Å². The molecule has 1 nitrogen and oxygen atoms in total. The number of rotatable bonds is 4. The maximum absolute atomic E-state index is 2.49. The molecular weight excluding hydrogens is 603 g/mol. The van der Waals surface area contributed by atoms with Gasteiger partial charge in [-0.25, -0.2) is 0 Å². The Morgan fingerprint density at radius 2 is 0.840 bits per heavy atom. The predicted octanol–water partition coefficient (Wildman–Crippen LogP) is 14.3. The number of hydrogen-bond acceptors (Lipinski definition) is 1. The van der Waals surface area contributed by atoms with Gasteiger partial charge in [0.05, 0.1) is 0 Å². The van der Waals surface area contributed by atoms with Crippen molar-refractivity contribution < 1.29 is 0 Å². The first-order valence-electron chi connectivity index (χ1n) is 18.5. The number of nitrogens with zero attached hydrogens (tertiary/aromatic N) is 1. The summed E-state index contributed by atoms with van der Waals surface area (Å²) in [5.74, 6) is 0. The fraction of sp³-hybridized carbons (Fsp3) is 0.388. The molecule has 1 aliphatic carbocycles. The summed E-state index contributed by atoms with van der Waals surface area (Å²) in [5.41, 5.74) is 17.0. The van der Waals surface area contributed by atoms with Gasteiger partial charge in [0.2, 0.25) is 0 Å². The number of hydrogen-bond donors (Lipinski definition) is 0. The van der Waals surface area contributed by atoms with Gasteiger partial charge in [0.1, 0.15) is 0 Å². The fourth-order valence-electron chi connectivity index (χ4n) is 7.39. The Morgan fingerprint density at radius 1 is 0.380 bits per heavy atom. The summed E-state index contributed by atoms with van der Waals surface area (Å²) in [6.45, 7) is 32.6. The molecule has 0 aliphatic heterocycles. The van der Waals surface area contributed by atoms with Gasteiger partial charge in [-0.3, -0.25) is 0 Å². The van der Waals surface area contributed by atoms with Gasteiger partial charge in [-0.05, 0) is 114 Å². The predicted molar refractivity (Wildman–Crippen MR) is 219 cm³/mol. The second-order valence-electron chi connectivity index (χ2n) is 19.4. The Hall–Kier alpha value is -4.10. The lowest BCUT2D eigenvalue weighted by atomic mass is 9.78. The van der Waals surface area contributed by atoms with Crippen LogP contribution in [0.4, 0.5) is 17.1 Å². The normalized spacial score (nSPS) is 14.4. The Balaban J connectivity index is 1.62. The van der Waals surface area contributed by atoms with Crippen molar-refractivity contribution in [1.29, 1.82) is 0 Å². The topological polar surface area (TPSA) is 3.24 Å². The van der Waals surface area contributed by atoms with Crippen LogP contribution in [0.15, 0.2) is 103 Å². The highest BCUT2D eigenvalue weighted by Gasteiger charge is 2.36. The van der Waals surface area contributed by atoms with Crippen molar-refractivity contribution in [2.45, 2.75) is 124 Å². The van der Waals surface area contributed by atoms with Crippen LogP contribution >= 0.6 is 0 Å². The van der Waals surface area contributed by atoms with Crippen LogP contribution in [0.3, 0.4) is 0 Å². The lowest BCUT2D eigenvalue weighted by Crippen LogP contribution is -2.18. The lowest BCUT2D eigenvalue weighted by molar-refractivity contribution is 0.569. The molecule has 0 N–H and O–H groups in total. The van der Waals surface area contributed by atoms with Crippen LogP contribution in [0.1, 0.15) is 130 Å². The number of anilines is 3. The first-order chi connectivity index (χ1) is 23.0. The highest BCUT2D eigenvalue weighted by Crippen LogP contribution is 2.51. The van der Waals surface area contributed by atoms with E-state index in [1.54, 1.807) is 0 Å². The van der Waals surface area contributed by atoms with Gasteiger partial charge in [-0.15, -0.1) is 0 Å². The molecule has 0 bridgehead atoms. The number of fused-ring (bicyclic) bond motifs is 3. The quantitative estimate of drug-likeness (QED) is 0.185. The molecule has 5 aromatic carbocycles. The smallest absolute Gasteiger partial charge is 0.0470 e. The molecule has 50 heavy (non-hydrogen) atoms. The maximum atomic E-state index is 2.49. The summed E-state index contributed by atoms with van der Waals surface area (Å²) in [5, 5.41) is 0. The summed E-state index contributed by atoms with van der Waals surface area (Å²) < 4.78 is 0. The van der Waals surface area contributed by atoms with Crippen molar-refractivity contribution in [2.24, 2.45) is 0 Å². The Morgan fingerprint density at radius 3 is 1.38 bits per heavy atom. The standard InChI is InChI=1S/C49H59N/c1-45(2,3)34-19-21-38(22-20-34)50(39-23-24-42-41-17-15-16-18-43(41)49(13,14)44(42)31-39)40-28-33(27-37(30-40)48(10,11)12)32-25-35(46(4,5)6)29-36(26-32)47(7,8)9/h15-31H,1-14H3. The zero-order valence-corrected chi connectivity index (χ0v) is 33.3. The van der Waals surface area contributed by atoms with Crippen molar-refractivity contribution in [3.05, 3.63) is 137 Å². The molecule has 1 aliphatic rings. The molecule has 0 radical (unpaired) electrons. The van der Waals surface area contributed by atoms with Crippen LogP contribution in [0.25, 0.3) is 22.3 Å². The van der Waals surface area contributed by atoms with Crippen molar-refractivity contribution in [3.63, 3.8) is 0 Å². The molecular formula is C49H59N. The molecule has 260 valence electrons. The van der Waals surface area contributed by atoms with E-state index in [4.69, 9.17) is 0 Å². The Bertz CT molecular complexity index is 2010. The molecule has 0 atom stereocenters. The first-order valence-corrected chi connectivity index (χ1v) is 18.5. The average Bonchev–Trinajstić information content (AvgIpc) is 3.25. The van der Waals surface area contributed by atoms with E-state index in [1.165, 1.54) is 72.7 Å². The van der Waals surface area contributed by atoms with Crippen LogP contribution in [-0.4, -0.2) is 0 Å². The molecule has 0 spiro atoms. The van der Waals surface area contributed by atoms with Gasteiger partial charge < -0.3 is 4.90 Å². The minimum absolute atomic E-state index is 0.0378. The zero-order valence-electron chi connectivity index (χ0n) is 33.3. The lowest BCUT2D eigenvalue weighted by Gasteiger charge is -2.31. The first kappa shape index (κ1) is 35.7. The second-order valence-corrected chi connectivity index (χ2v) is 19.4. The molecule has 0 fully saturated rings. The van der Waals surface area contributed by atoms with E-state index in [2.05, 4.69) is 205 Å². The minimum Gasteiger partial charge on any atom is -0.310 e. The van der Waals surface area contributed by atoms with E-state index < -0.39 is 0 Å². The van der Waals surface area contributed by atoms with E-state index in [-0.39, 0.29) is 27.1 Å². The molecule has 0 unspecified atom stereocenters. The molecule has 0 aromatic heterocycles. The van der Waals surface area contributed by atoms with E-state index in [1.807, 2.05) is 0 Å². The Kier molecular flexibility index (Phi) is 8.58. The Labute approximate surface area is 303 Å². The van der Waals surface area contributed by atoms with Gasteiger partial charge in [0.15, 0.2) is 0 Å². The minimum atomic E-state index is -0.0845. The summed E-state index contributed by atoms with van der Waals surface area (Å²) in [6.07, 6.45) is 0. The summed E-state index contributed by atoms with van der Waals surface area (Å²) in [7, 11) is 0. The van der Waals surface area contributed by atoms with E-state index in [0.717, 1.165) is 0 Å². The van der Waals surface area contributed by atoms with Crippen molar-refractivity contribution in [2.75, 3.05) is 4.90 Å². The van der Waals surface area contributed by atoms with Crippen LogP contribution in [0, 0.1) is 0 Å². The van der Waals surface area contributed by atoms with E-state index in [0.29, 0.717) is 0 Å². The summed E-state index contributed by atoms with van der Waals surface area (Å²) in [6, 6.07) is 39.9. The average molecular weight is 662 g/mol. The van der Waals surface area contributed by atoms with Gasteiger partial charge in [-0.2, -0.15) is 0 Å². The highest BCUT2D eigenvalue weighted by atomic mass is 15.1. The van der Waals surface area contributed by atoms with Crippen LogP contribution in [0.2, 0.25) is 0 Å². The largest absolute Gasteiger partial charge is 0.310 e. The zero-order chi connectivity index (χ0) is 36.6. The molecule has 1 heteroatoms. The molecule has 6 rings (SSSR count). The molecule has 5 aromatic rings. The molecule has 0 heterocycles. The molecule has 0 saturated heterocycles. The molecule has 0 amide bonds. The van der Waals surface area contributed by atoms with Crippen LogP contribution < -0.4 is 4.90 Å². The SMILES string of the molecule is CC(C)(C)c1ccc(N(c2cc(-c3cc(C(C)(C)C)cc(C(C)(C)C)c3)cc(C(C)(C)C)c2)c2ccc3c(c2)C(C)(C)c2ccccc2-3)cc1. The van der Waals surface area contributed by atoms with Crippen molar-refractivity contribution in [1.82, 2.24) is 0 Å².